The first-order chi connectivity index (χ1) is 22.0. The van der Waals surface area contributed by atoms with Gasteiger partial charge in [0, 0.05) is 23.6 Å². The summed E-state index contributed by atoms with van der Waals surface area (Å²) in [6, 6.07) is 12.9. The highest BCUT2D eigenvalue weighted by Gasteiger charge is 2.31. The van der Waals surface area contributed by atoms with Crippen LogP contribution in [0.1, 0.15) is 93.5 Å². The van der Waals surface area contributed by atoms with Gasteiger partial charge in [-0.2, -0.15) is 15.2 Å². The van der Waals surface area contributed by atoms with Crippen LogP contribution in [0.2, 0.25) is 0 Å². The molecule has 0 radical (unpaired) electrons. The van der Waals surface area contributed by atoms with Gasteiger partial charge in [-0.3, -0.25) is 14.2 Å². The number of halogens is 1. The third-order valence-electron chi connectivity index (χ3n) is 8.77. The van der Waals surface area contributed by atoms with Crippen LogP contribution < -0.4 is 11.0 Å². The third kappa shape index (κ3) is 6.39. The SMILES string of the molecule is CCCc1c(Cc2ccc(-c3ccccc3)c(C3=NNC(=O)C3)c2F)c(=O)n(C2CCC(OCC(C)(C)O)CC2)c2nc(C)nn12. The second-order valence-corrected chi connectivity index (χ2v) is 13.0. The smallest absolute Gasteiger partial charge is 0.259 e. The standard InChI is InChI=1S/C35H41FN6O4/c1-5-9-29-27(18-23-12-17-26(22-10-7-6-8-11-22)31(32(23)36)28-19-30(43)39-38-28)33(44)41(34-37-21(2)40-42(29)34)24-13-15-25(16-14-24)46-20-35(3,4)45/h6-8,10-12,17,24-25,45H,5,9,13-16,18-20H2,1-4H3,(H,39,43). The molecule has 10 nitrogen and oxygen atoms in total. The average molecular weight is 629 g/mol. The number of hydrogen-bond donors (Lipinski definition) is 2. The van der Waals surface area contributed by atoms with Crippen LogP contribution in [0.5, 0.6) is 0 Å². The lowest BCUT2D eigenvalue weighted by molar-refractivity contribution is -0.119. The molecule has 2 N–H and O–H groups in total. The molecule has 1 aliphatic carbocycles. The first-order valence-corrected chi connectivity index (χ1v) is 16.1. The van der Waals surface area contributed by atoms with Crippen LogP contribution in [-0.4, -0.2) is 54.2 Å². The summed E-state index contributed by atoms with van der Waals surface area (Å²) in [6.45, 7) is 7.54. The Labute approximate surface area is 267 Å². The quantitative estimate of drug-likeness (QED) is 0.254. The summed E-state index contributed by atoms with van der Waals surface area (Å²) >= 11 is 0. The predicted octanol–water partition coefficient (Wildman–Crippen LogP) is 5.04. The van der Waals surface area contributed by atoms with E-state index >= 15 is 4.39 Å². The second-order valence-electron chi connectivity index (χ2n) is 13.0. The van der Waals surface area contributed by atoms with E-state index in [4.69, 9.17) is 9.84 Å². The van der Waals surface area contributed by atoms with Gasteiger partial charge in [0.05, 0.1) is 36.1 Å². The Morgan fingerprint density at radius 2 is 1.83 bits per heavy atom. The summed E-state index contributed by atoms with van der Waals surface area (Å²) in [4.78, 5) is 31.3. The van der Waals surface area contributed by atoms with Crippen molar-refractivity contribution in [1.29, 1.82) is 0 Å². The molecule has 0 spiro atoms. The van der Waals surface area contributed by atoms with Crippen molar-refractivity contribution in [2.45, 2.75) is 96.8 Å². The van der Waals surface area contributed by atoms with E-state index in [0.29, 0.717) is 53.3 Å². The maximum Gasteiger partial charge on any atom is 0.259 e. The number of amides is 1. The molecule has 46 heavy (non-hydrogen) atoms. The maximum atomic E-state index is 16.7. The Hall–Kier alpha value is -4.22. The van der Waals surface area contributed by atoms with Crippen LogP contribution in [0.4, 0.5) is 4.39 Å². The van der Waals surface area contributed by atoms with Gasteiger partial charge in [0.25, 0.3) is 5.56 Å². The number of aliphatic hydroxyl groups is 1. The highest BCUT2D eigenvalue weighted by atomic mass is 19.1. The number of ether oxygens (including phenoxy) is 1. The molecule has 6 rings (SSSR count). The van der Waals surface area contributed by atoms with E-state index in [1.165, 1.54) is 0 Å². The number of nitrogens with zero attached hydrogens (tertiary/aromatic N) is 5. The number of carbonyl (C=O) groups excluding carboxylic acids is 1. The van der Waals surface area contributed by atoms with Crippen molar-refractivity contribution < 1.29 is 19.0 Å². The molecule has 0 atom stereocenters. The van der Waals surface area contributed by atoms with E-state index in [9.17, 15) is 14.7 Å². The Morgan fingerprint density at radius 3 is 2.48 bits per heavy atom. The minimum atomic E-state index is -0.909. The largest absolute Gasteiger partial charge is 0.388 e. The molecule has 4 aromatic rings. The topological polar surface area (TPSA) is 123 Å². The van der Waals surface area contributed by atoms with Gasteiger partial charge in [-0.25, -0.2) is 14.3 Å². The maximum absolute atomic E-state index is 16.7. The highest BCUT2D eigenvalue weighted by Crippen LogP contribution is 2.33. The molecule has 0 saturated heterocycles. The Bertz CT molecular complexity index is 1850. The fourth-order valence-electron chi connectivity index (χ4n) is 6.61. The van der Waals surface area contributed by atoms with Gasteiger partial charge in [0.2, 0.25) is 11.7 Å². The molecule has 1 saturated carbocycles. The van der Waals surface area contributed by atoms with Gasteiger partial charge in [0.15, 0.2) is 0 Å². The zero-order valence-electron chi connectivity index (χ0n) is 26.8. The van der Waals surface area contributed by atoms with Crippen LogP contribution >= 0.6 is 0 Å². The second kappa shape index (κ2) is 12.9. The van der Waals surface area contributed by atoms with Crippen LogP contribution in [0, 0.1) is 12.7 Å². The van der Waals surface area contributed by atoms with E-state index in [1.54, 1.807) is 29.0 Å². The van der Waals surface area contributed by atoms with Gasteiger partial charge in [-0.1, -0.05) is 55.8 Å². The zero-order valence-corrected chi connectivity index (χ0v) is 26.8. The normalized spacial score (nSPS) is 18.7. The number of benzene rings is 2. The molecule has 242 valence electrons. The van der Waals surface area contributed by atoms with E-state index in [2.05, 4.69) is 15.5 Å². The number of aromatic nitrogens is 4. The molecule has 2 aromatic carbocycles. The van der Waals surface area contributed by atoms with Crippen molar-refractivity contribution >= 4 is 17.4 Å². The van der Waals surface area contributed by atoms with Gasteiger partial charge in [0.1, 0.15) is 11.6 Å². The summed E-state index contributed by atoms with van der Waals surface area (Å²) in [5, 5.41) is 19.0. The van der Waals surface area contributed by atoms with Gasteiger partial charge < -0.3 is 9.84 Å². The molecule has 2 aromatic heterocycles. The van der Waals surface area contributed by atoms with Gasteiger partial charge in [-0.15, -0.1) is 0 Å². The van der Waals surface area contributed by atoms with Crippen molar-refractivity contribution in [3.05, 3.63) is 86.8 Å². The van der Waals surface area contributed by atoms with Crippen molar-refractivity contribution in [3.63, 3.8) is 0 Å². The fraction of sp³-hybridized carbons (Fsp3) is 0.457. The predicted molar refractivity (Wildman–Crippen MR) is 173 cm³/mol. The molecular formula is C35H41FN6O4. The van der Waals surface area contributed by atoms with E-state index in [-0.39, 0.29) is 48.6 Å². The highest BCUT2D eigenvalue weighted by molar-refractivity contribution is 6.16. The van der Waals surface area contributed by atoms with Crippen LogP contribution in [0.3, 0.4) is 0 Å². The van der Waals surface area contributed by atoms with Crippen molar-refractivity contribution in [2.75, 3.05) is 6.61 Å². The zero-order chi connectivity index (χ0) is 32.6. The van der Waals surface area contributed by atoms with Crippen LogP contribution in [0.15, 0.2) is 52.4 Å². The molecule has 11 heteroatoms. The molecule has 1 fully saturated rings. The summed E-state index contributed by atoms with van der Waals surface area (Å²) in [5.74, 6) is 0.270. The summed E-state index contributed by atoms with van der Waals surface area (Å²) in [5.41, 5.74) is 4.95. The lowest BCUT2D eigenvalue weighted by atomic mass is 9.90. The fourth-order valence-corrected chi connectivity index (χ4v) is 6.61. The van der Waals surface area contributed by atoms with Gasteiger partial charge >= 0.3 is 0 Å². The number of fused-ring (bicyclic) bond motifs is 1. The molecule has 1 aliphatic heterocycles. The Morgan fingerprint density at radius 1 is 1.09 bits per heavy atom. The lowest BCUT2D eigenvalue weighted by Gasteiger charge is -2.32. The number of hydrogen-bond acceptors (Lipinski definition) is 7. The molecule has 1 amide bonds. The van der Waals surface area contributed by atoms with E-state index < -0.39 is 11.4 Å². The number of rotatable bonds is 10. The lowest BCUT2D eigenvalue weighted by Crippen LogP contribution is -2.36. The van der Waals surface area contributed by atoms with E-state index in [1.807, 2.05) is 50.2 Å². The average Bonchev–Trinajstić information content (AvgIpc) is 3.63. The van der Waals surface area contributed by atoms with Crippen molar-refractivity contribution in [2.24, 2.45) is 5.10 Å². The molecule has 3 heterocycles. The Balaban J connectivity index is 1.43. The molecule has 0 unspecified atom stereocenters. The first-order valence-electron chi connectivity index (χ1n) is 16.1. The molecular weight excluding hydrogens is 587 g/mol. The molecule has 2 aliphatic rings. The minimum Gasteiger partial charge on any atom is -0.388 e. The Kier molecular flexibility index (Phi) is 8.89. The number of carbonyl (C=O) groups is 1. The molecule has 0 bridgehead atoms. The minimum absolute atomic E-state index is 0.00311. The van der Waals surface area contributed by atoms with Crippen LogP contribution in [0.25, 0.3) is 16.9 Å². The first kappa shape index (κ1) is 31.7. The number of hydrazone groups is 1. The van der Waals surface area contributed by atoms with Crippen LogP contribution in [-0.2, 0) is 22.4 Å². The van der Waals surface area contributed by atoms with Crippen molar-refractivity contribution in [3.8, 4) is 11.1 Å². The van der Waals surface area contributed by atoms with E-state index in [0.717, 1.165) is 30.5 Å². The summed E-state index contributed by atoms with van der Waals surface area (Å²) in [6.07, 6.45) is 4.26. The number of nitrogens with one attached hydrogen (secondary N) is 1. The number of aryl methyl sites for hydroxylation is 2. The monoisotopic (exact) mass is 628 g/mol. The van der Waals surface area contributed by atoms with Crippen molar-refractivity contribution in [1.82, 2.24) is 24.6 Å². The third-order valence-corrected chi connectivity index (χ3v) is 8.77. The summed E-state index contributed by atoms with van der Waals surface area (Å²) < 4.78 is 26.2. The van der Waals surface area contributed by atoms with Gasteiger partial charge in [-0.05, 0) is 69.6 Å². The summed E-state index contributed by atoms with van der Waals surface area (Å²) in [7, 11) is 0.